The van der Waals surface area contributed by atoms with Gasteiger partial charge in [-0.2, -0.15) is 0 Å². The summed E-state index contributed by atoms with van der Waals surface area (Å²) >= 11 is 0. The SMILES string of the molecule is CC(C)(C)c1cc(C(=O)NC2=CC=CC3C=CC=CC23)cc(C(C)(C)C)c1. The number of carbonyl (C=O) groups excluding carboxylic acids is 1. The lowest BCUT2D eigenvalue weighted by atomic mass is 9.79. The zero-order chi connectivity index (χ0) is 19.8. The van der Waals surface area contributed by atoms with Gasteiger partial charge in [-0.05, 0) is 40.2 Å². The van der Waals surface area contributed by atoms with Crippen LogP contribution in [-0.4, -0.2) is 5.91 Å². The van der Waals surface area contributed by atoms with Crippen LogP contribution in [0.5, 0.6) is 0 Å². The zero-order valence-electron chi connectivity index (χ0n) is 17.3. The smallest absolute Gasteiger partial charge is 0.255 e. The van der Waals surface area contributed by atoms with Crippen LogP contribution < -0.4 is 5.32 Å². The number of hydrogen-bond acceptors (Lipinski definition) is 1. The molecule has 0 saturated carbocycles. The highest BCUT2D eigenvalue weighted by Crippen LogP contribution is 2.32. The fraction of sp³-hybridized carbons (Fsp3) is 0.400. The lowest BCUT2D eigenvalue weighted by molar-refractivity contribution is 0.0961. The van der Waals surface area contributed by atoms with Gasteiger partial charge in [0.15, 0.2) is 0 Å². The minimum Gasteiger partial charge on any atom is -0.325 e. The number of allylic oxidation sites excluding steroid dienone is 7. The van der Waals surface area contributed by atoms with Crippen LogP contribution in [-0.2, 0) is 10.8 Å². The minimum atomic E-state index is -0.0325. The predicted molar refractivity (Wildman–Crippen MR) is 114 cm³/mol. The minimum absolute atomic E-state index is 0.00880. The Morgan fingerprint density at radius 1 is 0.815 bits per heavy atom. The van der Waals surface area contributed by atoms with E-state index >= 15 is 0 Å². The van der Waals surface area contributed by atoms with Crippen molar-refractivity contribution < 1.29 is 4.79 Å². The number of nitrogens with one attached hydrogen (secondary N) is 1. The van der Waals surface area contributed by atoms with Crippen LogP contribution in [0.3, 0.4) is 0 Å². The summed E-state index contributed by atoms with van der Waals surface area (Å²) in [6.07, 6.45) is 14.7. The third kappa shape index (κ3) is 4.32. The van der Waals surface area contributed by atoms with Crippen molar-refractivity contribution in [3.05, 3.63) is 83.1 Å². The van der Waals surface area contributed by atoms with E-state index in [0.29, 0.717) is 5.92 Å². The maximum atomic E-state index is 13.1. The molecule has 2 atom stereocenters. The summed E-state index contributed by atoms with van der Waals surface area (Å²) in [5, 5.41) is 3.18. The summed E-state index contributed by atoms with van der Waals surface area (Å²) in [6.45, 7) is 13.1. The van der Waals surface area contributed by atoms with E-state index < -0.39 is 0 Å². The van der Waals surface area contributed by atoms with Crippen molar-refractivity contribution in [2.45, 2.75) is 52.4 Å². The molecule has 2 heteroatoms. The molecule has 0 fully saturated rings. The topological polar surface area (TPSA) is 29.1 Å². The van der Waals surface area contributed by atoms with Gasteiger partial charge in [0.1, 0.15) is 0 Å². The van der Waals surface area contributed by atoms with Crippen LogP contribution >= 0.6 is 0 Å². The largest absolute Gasteiger partial charge is 0.325 e. The molecule has 27 heavy (non-hydrogen) atoms. The maximum Gasteiger partial charge on any atom is 0.255 e. The molecule has 142 valence electrons. The molecule has 1 N–H and O–H groups in total. The first kappa shape index (κ1) is 19.4. The molecule has 0 heterocycles. The van der Waals surface area contributed by atoms with Gasteiger partial charge in [-0.3, -0.25) is 4.79 Å². The summed E-state index contributed by atoms with van der Waals surface area (Å²) < 4.78 is 0. The normalized spacial score (nSPS) is 21.6. The van der Waals surface area contributed by atoms with Crippen LogP contribution in [0.2, 0.25) is 0 Å². The Hall–Kier alpha value is -2.35. The quantitative estimate of drug-likeness (QED) is 0.706. The molecule has 1 aromatic carbocycles. The molecule has 0 aliphatic heterocycles. The van der Waals surface area contributed by atoms with Gasteiger partial charge in [-0.15, -0.1) is 0 Å². The van der Waals surface area contributed by atoms with Gasteiger partial charge < -0.3 is 5.32 Å². The number of benzene rings is 1. The Morgan fingerprint density at radius 2 is 1.37 bits per heavy atom. The van der Waals surface area contributed by atoms with E-state index in [1.807, 2.05) is 24.3 Å². The van der Waals surface area contributed by atoms with Gasteiger partial charge in [0.25, 0.3) is 5.91 Å². The van der Waals surface area contributed by atoms with Gasteiger partial charge >= 0.3 is 0 Å². The van der Waals surface area contributed by atoms with E-state index in [-0.39, 0.29) is 22.7 Å². The van der Waals surface area contributed by atoms with Crippen molar-refractivity contribution in [3.63, 3.8) is 0 Å². The third-order valence-corrected chi connectivity index (χ3v) is 5.33. The Morgan fingerprint density at radius 3 is 1.96 bits per heavy atom. The molecule has 3 rings (SSSR count). The summed E-state index contributed by atoms with van der Waals surface area (Å²) in [7, 11) is 0. The molecule has 2 aliphatic rings. The second-order valence-electron chi connectivity index (χ2n) is 9.63. The van der Waals surface area contributed by atoms with Crippen molar-refractivity contribution in [1.82, 2.24) is 5.32 Å². The highest BCUT2D eigenvalue weighted by Gasteiger charge is 2.26. The maximum absolute atomic E-state index is 13.1. The monoisotopic (exact) mass is 361 g/mol. The lowest BCUT2D eigenvalue weighted by Gasteiger charge is -2.28. The molecule has 0 aromatic heterocycles. The van der Waals surface area contributed by atoms with Crippen LogP contribution in [0.1, 0.15) is 63.0 Å². The van der Waals surface area contributed by atoms with Crippen LogP contribution in [0.15, 0.2) is 66.4 Å². The van der Waals surface area contributed by atoms with Crippen molar-refractivity contribution in [3.8, 4) is 0 Å². The van der Waals surface area contributed by atoms with Gasteiger partial charge in [0.05, 0.1) is 0 Å². The zero-order valence-corrected chi connectivity index (χ0v) is 17.3. The summed E-state index contributed by atoms with van der Waals surface area (Å²) in [5.41, 5.74) is 4.06. The van der Waals surface area contributed by atoms with E-state index in [9.17, 15) is 4.79 Å². The molecule has 2 unspecified atom stereocenters. The fourth-order valence-corrected chi connectivity index (χ4v) is 3.47. The van der Waals surface area contributed by atoms with Crippen molar-refractivity contribution >= 4 is 5.91 Å². The van der Waals surface area contributed by atoms with E-state index in [4.69, 9.17) is 0 Å². The highest BCUT2D eigenvalue weighted by molar-refractivity contribution is 5.96. The first-order chi connectivity index (χ1) is 12.6. The number of hydrogen-bond donors (Lipinski definition) is 1. The average Bonchev–Trinajstić information content (AvgIpc) is 2.60. The molecular weight excluding hydrogens is 330 g/mol. The predicted octanol–water partition coefficient (Wildman–Crippen LogP) is 5.82. The Balaban J connectivity index is 1.92. The lowest BCUT2D eigenvalue weighted by Crippen LogP contribution is -2.31. The summed E-state index contributed by atoms with van der Waals surface area (Å²) in [5.74, 6) is 0.494. The third-order valence-electron chi connectivity index (χ3n) is 5.33. The average molecular weight is 362 g/mol. The van der Waals surface area contributed by atoms with Crippen molar-refractivity contribution in [1.29, 1.82) is 0 Å². The number of carbonyl (C=O) groups is 1. The van der Waals surface area contributed by atoms with Crippen LogP contribution in [0.25, 0.3) is 0 Å². The first-order valence-corrected chi connectivity index (χ1v) is 9.76. The Labute approximate surface area is 163 Å². The summed E-state index contributed by atoms with van der Waals surface area (Å²) in [4.78, 5) is 13.1. The molecule has 0 radical (unpaired) electrons. The van der Waals surface area contributed by atoms with Gasteiger partial charge in [-0.1, -0.05) is 84.1 Å². The molecule has 1 amide bonds. The molecule has 2 aliphatic carbocycles. The van der Waals surface area contributed by atoms with E-state index in [1.54, 1.807) is 0 Å². The Bertz CT molecular complexity index is 821. The number of fused-ring (bicyclic) bond motifs is 1. The molecule has 2 nitrogen and oxygen atoms in total. The molecular formula is C25H31NO. The molecule has 1 aromatic rings. The Kier molecular flexibility index (Phi) is 5.03. The summed E-state index contributed by atoms with van der Waals surface area (Å²) in [6, 6.07) is 6.32. The van der Waals surface area contributed by atoms with Crippen molar-refractivity contribution in [2.75, 3.05) is 0 Å². The fourth-order valence-electron chi connectivity index (χ4n) is 3.47. The standard InChI is InChI=1S/C25H31NO/c1-24(2,3)19-14-18(15-20(16-19)25(4,5)6)23(27)26-22-13-9-11-17-10-7-8-12-21(17)22/h7-17,21H,1-6H3,(H,26,27). The van der Waals surface area contributed by atoms with Gasteiger partial charge in [0.2, 0.25) is 0 Å². The van der Waals surface area contributed by atoms with Gasteiger partial charge in [-0.25, -0.2) is 0 Å². The van der Waals surface area contributed by atoms with Crippen molar-refractivity contribution in [2.24, 2.45) is 11.8 Å². The second-order valence-corrected chi connectivity index (χ2v) is 9.63. The first-order valence-electron chi connectivity index (χ1n) is 9.76. The van der Waals surface area contributed by atoms with E-state index in [1.165, 1.54) is 11.1 Å². The van der Waals surface area contributed by atoms with Gasteiger partial charge in [0, 0.05) is 23.1 Å². The highest BCUT2D eigenvalue weighted by atomic mass is 16.1. The molecule has 0 saturated heterocycles. The second kappa shape index (κ2) is 6.99. The van der Waals surface area contributed by atoms with Crippen LogP contribution in [0.4, 0.5) is 0 Å². The number of amides is 1. The number of rotatable bonds is 2. The molecule has 0 spiro atoms. The molecule has 0 bridgehead atoms. The van der Waals surface area contributed by atoms with E-state index in [0.717, 1.165) is 11.3 Å². The van der Waals surface area contributed by atoms with E-state index in [2.05, 4.69) is 83.3 Å². The van der Waals surface area contributed by atoms with Crippen LogP contribution in [0, 0.1) is 11.8 Å².